The van der Waals surface area contributed by atoms with Gasteiger partial charge in [-0.1, -0.05) is 0 Å². The highest BCUT2D eigenvalue weighted by atomic mass is 16.2. The second kappa shape index (κ2) is 3.55. The summed E-state index contributed by atoms with van der Waals surface area (Å²) in [4.78, 5) is 23.8. The molecular formula is C8H13N3O2. The number of hydrogen-bond donors (Lipinski definition) is 1. The van der Waals surface area contributed by atoms with Crippen LogP contribution < -0.4 is 5.43 Å². The number of amidine groups is 1. The Morgan fingerprint density at radius 1 is 1.46 bits per heavy atom. The van der Waals surface area contributed by atoms with Crippen LogP contribution in [0.15, 0.2) is 5.10 Å². The van der Waals surface area contributed by atoms with Crippen LogP contribution in [0.25, 0.3) is 0 Å². The number of rotatable bonds is 2. The van der Waals surface area contributed by atoms with Crippen molar-refractivity contribution < 1.29 is 9.59 Å². The van der Waals surface area contributed by atoms with Gasteiger partial charge in [0.25, 0.3) is 5.78 Å². The number of carbonyl (C=O) groups is 2. The Kier molecular flexibility index (Phi) is 2.65. The molecule has 1 aliphatic heterocycles. The van der Waals surface area contributed by atoms with Crippen LogP contribution in [-0.4, -0.2) is 35.0 Å². The lowest BCUT2D eigenvalue weighted by Crippen LogP contribution is -2.41. The van der Waals surface area contributed by atoms with Gasteiger partial charge < -0.3 is 4.90 Å². The summed E-state index contributed by atoms with van der Waals surface area (Å²) in [5, 5.41) is 3.68. The van der Waals surface area contributed by atoms with Crippen molar-refractivity contribution >= 4 is 17.5 Å². The van der Waals surface area contributed by atoms with Crippen LogP contribution in [0.4, 0.5) is 0 Å². The Hall–Kier alpha value is -1.39. The summed E-state index contributed by atoms with van der Waals surface area (Å²) in [6.07, 6.45) is 0. The first-order valence-electron chi connectivity index (χ1n) is 4.27. The fraction of sp³-hybridized carbons (Fsp3) is 0.625. The number of carbonyl (C=O) groups excluding carboxylic acids is 2. The SMILES string of the molecule is CCN(C1=NNC(=O)C1=O)C(C)C. The molecule has 0 aromatic carbocycles. The van der Waals surface area contributed by atoms with Crippen molar-refractivity contribution in [2.24, 2.45) is 5.10 Å². The van der Waals surface area contributed by atoms with Gasteiger partial charge in [0.05, 0.1) is 0 Å². The Labute approximate surface area is 76.8 Å². The van der Waals surface area contributed by atoms with Crippen molar-refractivity contribution in [1.82, 2.24) is 10.3 Å². The van der Waals surface area contributed by atoms with E-state index in [0.29, 0.717) is 6.54 Å². The second-order valence-electron chi connectivity index (χ2n) is 3.09. The zero-order valence-electron chi connectivity index (χ0n) is 8.00. The van der Waals surface area contributed by atoms with Gasteiger partial charge >= 0.3 is 5.91 Å². The molecule has 0 saturated carbocycles. The van der Waals surface area contributed by atoms with Crippen molar-refractivity contribution in [2.75, 3.05) is 6.54 Å². The molecule has 0 aliphatic carbocycles. The number of nitrogens with zero attached hydrogens (tertiary/aromatic N) is 2. The third kappa shape index (κ3) is 1.68. The summed E-state index contributed by atoms with van der Waals surface area (Å²) in [6.45, 7) is 6.47. The van der Waals surface area contributed by atoms with E-state index < -0.39 is 11.7 Å². The van der Waals surface area contributed by atoms with Gasteiger partial charge in [0.15, 0.2) is 0 Å². The molecule has 0 radical (unpaired) electrons. The summed E-state index contributed by atoms with van der Waals surface area (Å²) in [6, 6.07) is 0.167. The third-order valence-corrected chi connectivity index (χ3v) is 1.91. The minimum Gasteiger partial charge on any atom is -0.350 e. The minimum atomic E-state index is -0.644. The second-order valence-corrected chi connectivity index (χ2v) is 3.09. The van der Waals surface area contributed by atoms with Gasteiger partial charge in [0.2, 0.25) is 5.84 Å². The van der Waals surface area contributed by atoms with Crippen molar-refractivity contribution in [3.63, 3.8) is 0 Å². The number of hydrazone groups is 1. The molecule has 5 heteroatoms. The maximum atomic E-state index is 11.2. The van der Waals surface area contributed by atoms with Crippen LogP contribution in [0.5, 0.6) is 0 Å². The van der Waals surface area contributed by atoms with Crippen LogP contribution in [0.1, 0.15) is 20.8 Å². The van der Waals surface area contributed by atoms with E-state index in [-0.39, 0.29) is 11.9 Å². The summed E-state index contributed by atoms with van der Waals surface area (Å²) in [5.41, 5.74) is 2.15. The van der Waals surface area contributed by atoms with E-state index in [0.717, 1.165) is 0 Å². The molecule has 1 N–H and O–H groups in total. The topological polar surface area (TPSA) is 61.8 Å². The Morgan fingerprint density at radius 2 is 2.08 bits per heavy atom. The molecule has 0 aromatic rings. The Balaban J connectivity index is 2.82. The van der Waals surface area contributed by atoms with E-state index in [9.17, 15) is 9.59 Å². The van der Waals surface area contributed by atoms with Gasteiger partial charge in [0, 0.05) is 12.6 Å². The molecule has 5 nitrogen and oxygen atoms in total. The zero-order valence-corrected chi connectivity index (χ0v) is 8.00. The number of ketones is 1. The van der Waals surface area contributed by atoms with Gasteiger partial charge in [-0.25, -0.2) is 5.43 Å². The molecule has 0 aromatic heterocycles. The summed E-state index contributed by atoms with van der Waals surface area (Å²) >= 11 is 0. The van der Waals surface area contributed by atoms with Crippen molar-refractivity contribution in [3.05, 3.63) is 0 Å². The molecule has 0 spiro atoms. The fourth-order valence-corrected chi connectivity index (χ4v) is 1.26. The number of Topliss-reactive ketones (excluding diaryl/α,β-unsaturated/α-hetero) is 1. The van der Waals surface area contributed by atoms with Crippen molar-refractivity contribution in [2.45, 2.75) is 26.8 Å². The van der Waals surface area contributed by atoms with E-state index >= 15 is 0 Å². The number of hydrogen-bond acceptors (Lipinski definition) is 4. The number of likely N-dealkylation sites (N-methyl/N-ethyl adjacent to an activating group) is 1. The predicted octanol–water partition coefficient (Wildman–Crippen LogP) is -0.271. The van der Waals surface area contributed by atoms with Crippen molar-refractivity contribution in [1.29, 1.82) is 0 Å². The molecule has 1 amide bonds. The van der Waals surface area contributed by atoms with Crippen LogP contribution in [0, 0.1) is 0 Å². The number of nitrogens with one attached hydrogen (secondary N) is 1. The summed E-state index contributed by atoms with van der Waals surface area (Å²) < 4.78 is 0. The van der Waals surface area contributed by atoms with E-state index in [1.165, 1.54) is 0 Å². The monoisotopic (exact) mass is 183 g/mol. The van der Waals surface area contributed by atoms with Crippen molar-refractivity contribution in [3.8, 4) is 0 Å². The summed E-state index contributed by atoms with van der Waals surface area (Å²) in [7, 11) is 0. The first kappa shape index (κ1) is 9.70. The van der Waals surface area contributed by atoms with Crippen LogP contribution in [-0.2, 0) is 9.59 Å². The molecule has 0 unspecified atom stereocenters. The lowest BCUT2D eigenvalue weighted by molar-refractivity contribution is -0.133. The van der Waals surface area contributed by atoms with E-state index in [4.69, 9.17) is 0 Å². The van der Waals surface area contributed by atoms with Crippen LogP contribution in [0.3, 0.4) is 0 Å². The van der Waals surface area contributed by atoms with Gasteiger partial charge in [-0.2, -0.15) is 5.10 Å². The summed E-state index contributed by atoms with van der Waals surface area (Å²) in [5.74, 6) is -0.966. The van der Waals surface area contributed by atoms with Gasteiger partial charge in [0.1, 0.15) is 0 Å². The molecule has 0 saturated heterocycles. The standard InChI is InChI=1S/C8H13N3O2/c1-4-11(5(2)3)7-6(12)8(13)10-9-7/h5H,4H2,1-3H3,(H,10,12,13). The smallest absolute Gasteiger partial charge is 0.315 e. The van der Waals surface area contributed by atoms with Crippen LogP contribution in [0.2, 0.25) is 0 Å². The lowest BCUT2D eigenvalue weighted by atomic mass is 10.2. The predicted molar refractivity (Wildman–Crippen MR) is 48.1 cm³/mol. The number of amides is 1. The molecule has 0 bridgehead atoms. The molecule has 1 rings (SSSR count). The highest BCUT2D eigenvalue weighted by Gasteiger charge is 2.31. The lowest BCUT2D eigenvalue weighted by Gasteiger charge is -2.24. The highest BCUT2D eigenvalue weighted by Crippen LogP contribution is 2.03. The third-order valence-electron chi connectivity index (χ3n) is 1.91. The largest absolute Gasteiger partial charge is 0.350 e. The van der Waals surface area contributed by atoms with E-state index in [1.807, 2.05) is 20.8 Å². The molecule has 1 heterocycles. The maximum Gasteiger partial charge on any atom is 0.315 e. The minimum absolute atomic E-state index is 0.167. The molecular weight excluding hydrogens is 170 g/mol. The Morgan fingerprint density at radius 3 is 2.38 bits per heavy atom. The molecule has 72 valence electrons. The van der Waals surface area contributed by atoms with Gasteiger partial charge in [-0.3, -0.25) is 9.59 Å². The van der Waals surface area contributed by atoms with Gasteiger partial charge in [-0.05, 0) is 20.8 Å². The van der Waals surface area contributed by atoms with Crippen LogP contribution >= 0.6 is 0 Å². The first-order valence-corrected chi connectivity index (χ1v) is 4.27. The quantitative estimate of drug-likeness (QED) is 0.599. The molecule has 1 aliphatic rings. The molecule has 0 atom stereocenters. The molecule has 13 heavy (non-hydrogen) atoms. The first-order chi connectivity index (χ1) is 6.07. The highest BCUT2D eigenvalue weighted by molar-refractivity contribution is 6.66. The van der Waals surface area contributed by atoms with E-state index in [1.54, 1.807) is 4.90 Å². The average molecular weight is 183 g/mol. The normalized spacial score (nSPS) is 16.2. The maximum absolute atomic E-state index is 11.2. The molecule has 0 fully saturated rings. The van der Waals surface area contributed by atoms with Gasteiger partial charge in [-0.15, -0.1) is 0 Å². The zero-order chi connectivity index (χ0) is 10.0. The average Bonchev–Trinajstić information content (AvgIpc) is 2.37. The Bertz CT molecular complexity index is 271. The van der Waals surface area contributed by atoms with E-state index in [2.05, 4.69) is 10.5 Å². The fourth-order valence-electron chi connectivity index (χ4n) is 1.26.